The lowest BCUT2D eigenvalue weighted by molar-refractivity contribution is 0.0729. The Morgan fingerprint density at radius 1 is 1.39 bits per heavy atom. The van der Waals surface area contributed by atoms with E-state index in [2.05, 4.69) is 4.98 Å². The van der Waals surface area contributed by atoms with Gasteiger partial charge < -0.3 is 10.0 Å². The fourth-order valence-corrected chi connectivity index (χ4v) is 2.72. The van der Waals surface area contributed by atoms with Gasteiger partial charge >= 0.3 is 0 Å². The highest BCUT2D eigenvalue weighted by Gasteiger charge is 2.22. The fraction of sp³-hybridized carbons (Fsp3) is 0.231. The Hall–Kier alpha value is -1.88. The van der Waals surface area contributed by atoms with Crippen molar-refractivity contribution < 1.29 is 9.90 Å². The third-order valence-electron chi connectivity index (χ3n) is 3.14. The smallest absolute Gasteiger partial charge is 0.273 e. The number of rotatable bonds is 1. The van der Waals surface area contributed by atoms with Crippen LogP contribution >= 0.6 is 11.3 Å². The number of hydrogen-bond acceptors (Lipinski definition) is 4. The van der Waals surface area contributed by atoms with Crippen LogP contribution < -0.4 is 0 Å². The van der Waals surface area contributed by atoms with Gasteiger partial charge in [0.2, 0.25) is 0 Å². The summed E-state index contributed by atoms with van der Waals surface area (Å²) in [6, 6.07) is 5.35. The Bertz CT molecular complexity index is 581. The standard InChI is InChI=1S/C13H12N2O2S/c16-11-2-1-9-3-4-15(6-10(9)5-11)13(17)12-7-18-8-14-12/h1-2,5,7-8,16H,3-4,6H2. The molecule has 1 aliphatic heterocycles. The van der Waals surface area contributed by atoms with E-state index in [1.807, 2.05) is 6.07 Å². The Kier molecular flexibility index (Phi) is 2.76. The summed E-state index contributed by atoms with van der Waals surface area (Å²) < 4.78 is 0. The third kappa shape index (κ3) is 1.97. The summed E-state index contributed by atoms with van der Waals surface area (Å²) in [4.78, 5) is 18.0. The van der Waals surface area contributed by atoms with Gasteiger partial charge in [-0.05, 0) is 29.7 Å². The van der Waals surface area contributed by atoms with Crippen LogP contribution in [0.1, 0.15) is 21.6 Å². The van der Waals surface area contributed by atoms with Gasteiger partial charge in [0.25, 0.3) is 5.91 Å². The van der Waals surface area contributed by atoms with Gasteiger partial charge in [0.15, 0.2) is 0 Å². The van der Waals surface area contributed by atoms with E-state index in [4.69, 9.17) is 0 Å². The van der Waals surface area contributed by atoms with Crippen molar-refractivity contribution in [2.75, 3.05) is 6.54 Å². The first kappa shape index (κ1) is 11.2. The third-order valence-corrected chi connectivity index (χ3v) is 3.73. The van der Waals surface area contributed by atoms with Crippen LogP contribution in [-0.2, 0) is 13.0 Å². The van der Waals surface area contributed by atoms with Crippen LogP contribution in [0.5, 0.6) is 5.75 Å². The lowest BCUT2D eigenvalue weighted by Crippen LogP contribution is -2.36. The highest BCUT2D eigenvalue weighted by atomic mass is 32.1. The molecule has 0 saturated heterocycles. The van der Waals surface area contributed by atoms with Gasteiger partial charge in [0.1, 0.15) is 11.4 Å². The van der Waals surface area contributed by atoms with E-state index in [1.54, 1.807) is 27.9 Å². The first-order chi connectivity index (χ1) is 8.74. The predicted molar refractivity (Wildman–Crippen MR) is 68.7 cm³/mol. The first-order valence-corrected chi connectivity index (χ1v) is 6.66. The minimum atomic E-state index is -0.0368. The summed E-state index contributed by atoms with van der Waals surface area (Å²) >= 11 is 1.42. The van der Waals surface area contributed by atoms with E-state index in [0.717, 1.165) is 12.0 Å². The van der Waals surface area contributed by atoms with E-state index >= 15 is 0 Å². The van der Waals surface area contributed by atoms with Gasteiger partial charge in [-0.15, -0.1) is 11.3 Å². The molecule has 0 unspecified atom stereocenters. The number of carbonyl (C=O) groups excluding carboxylic acids is 1. The minimum absolute atomic E-state index is 0.0368. The molecule has 1 aliphatic rings. The SMILES string of the molecule is O=C(c1cscn1)N1CCc2ccc(O)cc2C1. The molecule has 0 bridgehead atoms. The molecule has 2 heterocycles. The van der Waals surface area contributed by atoms with Gasteiger partial charge in [-0.2, -0.15) is 0 Å². The number of phenolic OH excluding ortho intramolecular Hbond substituents is 1. The summed E-state index contributed by atoms with van der Waals surface area (Å²) in [7, 11) is 0. The molecule has 0 radical (unpaired) electrons. The molecule has 18 heavy (non-hydrogen) atoms. The lowest BCUT2D eigenvalue weighted by atomic mass is 9.99. The Morgan fingerprint density at radius 2 is 2.28 bits per heavy atom. The summed E-state index contributed by atoms with van der Waals surface area (Å²) in [5.41, 5.74) is 4.39. The molecule has 5 heteroatoms. The number of hydrogen-bond donors (Lipinski definition) is 1. The second-order valence-electron chi connectivity index (χ2n) is 4.30. The topological polar surface area (TPSA) is 53.4 Å². The molecule has 0 aliphatic carbocycles. The molecular weight excluding hydrogens is 248 g/mol. The number of aromatic nitrogens is 1. The van der Waals surface area contributed by atoms with Gasteiger partial charge in [-0.25, -0.2) is 4.98 Å². The molecule has 1 aromatic carbocycles. The van der Waals surface area contributed by atoms with Crippen LogP contribution in [0.25, 0.3) is 0 Å². The average Bonchev–Trinajstić information content (AvgIpc) is 2.90. The van der Waals surface area contributed by atoms with E-state index < -0.39 is 0 Å². The number of phenols is 1. The van der Waals surface area contributed by atoms with Crippen molar-refractivity contribution in [1.29, 1.82) is 0 Å². The van der Waals surface area contributed by atoms with Crippen molar-refractivity contribution in [2.24, 2.45) is 0 Å². The van der Waals surface area contributed by atoms with Gasteiger partial charge in [-0.3, -0.25) is 4.79 Å². The molecule has 3 rings (SSSR count). The van der Waals surface area contributed by atoms with Gasteiger partial charge in [-0.1, -0.05) is 6.07 Å². The molecule has 2 aromatic rings. The van der Waals surface area contributed by atoms with Crippen LogP contribution in [-0.4, -0.2) is 27.4 Å². The van der Waals surface area contributed by atoms with E-state index in [9.17, 15) is 9.90 Å². The number of amides is 1. The highest BCUT2D eigenvalue weighted by Crippen LogP contribution is 2.24. The molecule has 1 amide bonds. The normalized spacial score (nSPS) is 14.3. The molecule has 1 N–H and O–H groups in total. The second-order valence-corrected chi connectivity index (χ2v) is 5.02. The summed E-state index contributed by atoms with van der Waals surface area (Å²) in [6.45, 7) is 1.24. The molecule has 0 fully saturated rings. The van der Waals surface area contributed by atoms with Gasteiger partial charge in [0, 0.05) is 18.5 Å². The molecule has 1 aromatic heterocycles. The van der Waals surface area contributed by atoms with E-state index in [1.165, 1.54) is 16.9 Å². The molecule has 0 spiro atoms. The van der Waals surface area contributed by atoms with Crippen LogP contribution in [0, 0.1) is 0 Å². The number of carbonyl (C=O) groups is 1. The zero-order chi connectivity index (χ0) is 12.5. The quantitative estimate of drug-likeness (QED) is 0.853. The maximum Gasteiger partial charge on any atom is 0.273 e. The van der Waals surface area contributed by atoms with Crippen molar-refractivity contribution in [3.8, 4) is 5.75 Å². The monoisotopic (exact) mass is 260 g/mol. The molecule has 0 saturated carbocycles. The number of aromatic hydroxyl groups is 1. The van der Waals surface area contributed by atoms with Crippen LogP contribution in [0.3, 0.4) is 0 Å². The lowest BCUT2D eigenvalue weighted by Gasteiger charge is -2.28. The zero-order valence-corrected chi connectivity index (χ0v) is 10.5. The number of thiazole rings is 1. The van der Waals surface area contributed by atoms with Crippen molar-refractivity contribution in [1.82, 2.24) is 9.88 Å². The van der Waals surface area contributed by atoms with E-state index in [-0.39, 0.29) is 11.7 Å². The number of benzene rings is 1. The average molecular weight is 260 g/mol. The minimum Gasteiger partial charge on any atom is -0.508 e. The Balaban J connectivity index is 1.84. The first-order valence-electron chi connectivity index (χ1n) is 5.72. The molecule has 4 nitrogen and oxygen atoms in total. The summed E-state index contributed by atoms with van der Waals surface area (Å²) in [5.74, 6) is 0.210. The number of nitrogens with zero attached hydrogens (tertiary/aromatic N) is 2. The Morgan fingerprint density at radius 3 is 3.06 bits per heavy atom. The fourth-order valence-electron chi connectivity index (χ4n) is 2.20. The predicted octanol–water partition coefficient (Wildman–Crippen LogP) is 2.05. The van der Waals surface area contributed by atoms with E-state index in [0.29, 0.717) is 18.8 Å². The zero-order valence-electron chi connectivity index (χ0n) is 9.67. The van der Waals surface area contributed by atoms with Gasteiger partial charge in [0.05, 0.1) is 5.51 Å². The van der Waals surface area contributed by atoms with Crippen molar-refractivity contribution in [3.05, 3.63) is 45.9 Å². The van der Waals surface area contributed by atoms with Crippen molar-refractivity contribution >= 4 is 17.2 Å². The molecular formula is C13H12N2O2S. The molecule has 0 atom stereocenters. The summed E-state index contributed by atoms with van der Waals surface area (Å²) in [6.07, 6.45) is 0.825. The Labute approximate surface area is 109 Å². The largest absolute Gasteiger partial charge is 0.508 e. The van der Waals surface area contributed by atoms with Crippen molar-refractivity contribution in [2.45, 2.75) is 13.0 Å². The molecule has 92 valence electrons. The van der Waals surface area contributed by atoms with Crippen LogP contribution in [0.15, 0.2) is 29.1 Å². The summed E-state index contributed by atoms with van der Waals surface area (Å²) in [5, 5.41) is 11.2. The van der Waals surface area contributed by atoms with Crippen LogP contribution in [0.4, 0.5) is 0 Å². The maximum absolute atomic E-state index is 12.2. The maximum atomic E-state index is 12.2. The van der Waals surface area contributed by atoms with Crippen molar-refractivity contribution in [3.63, 3.8) is 0 Å². The van der Waals surface area contributed by atoms with Crippen LogP contribution in [0.2, 0.25) is 0 Å². The number of fused-ring (bicyclic) bond motifs is 1. The highest BCUT2D eigenvalue weighted by molar-refractivity contribution is 7.07. The second kappa shape index (κ2) is 4.42.